The fourth-order valence-electron chi connectivity index (χ4n) is 1.49. The number of hydrogen-bond acceptors (Lipinski definition) is 5. The van der Waals surface area contributed by atoms with E-state index in [9.17, 15) is 24.1 Å². The van der Waals surface area contributed by atoms with Crippen molar-refractivity contribution in [1.29, 1.82) is 0 Å². The van der Waals surface area contributed by atoms with Gasteiger partial charge in [-0.25, -0.2) is 0 Å². The zero-order chi connectivity index (χ0) is 17.7. The van der Waals surface area contributed by atoms with Gasteiger partial charge in [-0.05, 0) is 20.3 Å². The number of rotatable bonds is 10. The van der Waals surface area contributed by atoms with Crippen molar-refractivity contribution in [3.05, 3.63) is 17.1 Å². The molecule has 1 unspecified atom stereocenters. The summed E-state index contributed by atoms with van der Waals surface area (Å²) in [4.78, 5) is 55.0. The topological polar surface area (TPSA) is 134 Å². The summed E-state index contributed by atoms with van der Waals surface area (Å²) in [5.41, 5.74) is 0. The predicted octanol–water partition coefficient (Wildman–Crippen LogP) is -0.237. The van der Waals surface area contributed by atoms with Crippen LogP contribution in [-0.2, 0) is 19.2 Å². The Balaban J connectivity index is 3.95. The lowest BCUT2D eigenvalue weighted by Crippen LogP contribution is -2.48. The van der Waals surface area contributed by atoms with Crippen LogP contribution >= 0.6 is 0 Å². The lowest BCUT2D eigenvalue weighted by molar-refractivity contribution is -0.129. The van der Waals surface area contributed by atoms with Gasteiger partial charge in [0.2, 0.25) is 17.7 Å². The second kappa shape index (κ2) is 12.0. The smallest absolute Gasteiger partial charge is 0.286 e. The average Bonchev–Trinajstić information content (AvgIpc) is 2.54. The molecular weight excluding hydrogens is 304 g/mol. The maximum atomic E-state index is 11.7. The van der Waals surface area contributed by atoms with Gasteiger partial charge in [0.25, 0.3) is 5.91 Å². The quantitative estimate of drug-likeness (QED) is 0.289. The number of carbonyl (C=O) groups is 4. The van der Waals surface area contributed by atoms with Crippen molar-refractivity contribution in [1.82, 2.24) is 16.0 Å². The molecular formula is C14H22N4O5. The third-order valence-electron chi connectivity index (χ3n) is 2.73. The minimum atomic E-state index is -0.923. The minimum Gasteiger partial charge on any atom is -0.354 e. The molecule has 0 spiro atoms. The van der Waals surface area contributed by atoms with Crippen LogP contribution in [-0.4, -0.2) is 42.8 Å². The van der Waals surface area contributed by atoms with E-state index in [1.54, 1.807) is 0 Å². The highest BCUT2D eigenvalue weighted by atomic mass is 16.3. The molecule has 9 nitrogen and oxygen atoms in total. The van der Waals surface area contributed by atoms with Crippen molar-refractivity contribution < 1.29 is 19.2 Å². The Bertz CT molecular complexity index is 476. The van der Waals surface area contributed by atoms with E-state index in [1.807, 2.05) is 19.1 Å². The van der Waals surface area contributed by atoms with Gasteiger partial charge < -0.3 is 16.0 Å². The molecule has 0 aromatic heterocycles. The molecule has 0 fully saturated rings. The summed E-state index contributed by atoms with van der Waals surface area (Å²) in [6, 6.07) is -0.731. The summed E-state index contributed by atoms with van der Waals surface area (Å²) in [6.45, 7) is 3.56. The SMILES string of the molecule is C/C=C/CCNC(=O)C(C)NC(=O)CNC(=O)CCC(=O)N=O. The monoisotopic (exact) mass is 326 g/mol. The Labute approximate surface area is 134 Å². The lowest BCUT2D eigenvalue weighted by Gasteiger charge is -2.14. The summed E-state index contributed by atoms with van der Waals surface area (Å²) in [6.07, 6.45) is 3.96. The molecule has 23 heavy (non-hydrogen) atoms. The fourth-order valence-corrected chi connectivity index (χ4v) is 1.49. The van der Waals surface area contributed by atoms with Gasteiger partial charge in [-0.3, -0.25) is 19.2 Å². The number of allylic oxidation sites excluding steroid dienone is 1. The lowest BCUT2D eigenvalue weighted by atomic mass is 10.2. The van der Waals surface area contributed by atoms with Crippen LogP contribution in [0.4, 0.5) is 0 Å². The Morgan fingerprint density at radius 1 is 1.09 bits per heavy atom. The molecule has 9 heteroatoms. The molecule has 0 bridgehead atoms. The van der Waals surface area contributed by atoms with Gasteiger partial charge in [0.05, 0.1) is 6.54 Å². The van der Waals surface area contributed by atoms with Crippen molar-refractivity contribution in [2.75, 3.05) is 13.1 Å². The van der Waals surface area contributed by atoms with Crippen molar-refractivity contribution in [2.24, 2.45) is 5.18 Å². The summed E-state index contributed by atoms with van der Waals surface area (Å²) in [7, 11) is 0. The normalized spacial score (nSPS) is 11.6. The Hall–Kier alpha value is -2.58. The van der Waals surface area contributed by atoms with Gasteiger partial charge in [-0.1, -0.05) is 12.2 Å². The molecule has 0 saturated carbocycles. The van der Waals surface area contributed by atoms with E-state index in [2.05, 4.69) is 21.1 Å². The third kappa shape index (κ3) is 10.7. The molecule has 0 saturated heterocycles. The highest BCUT2D eigenvalue weighted by Crippen LogP contribution is 1.91. The number of amides is 4. The van der Waals surface area contributed by atoms with Crippen molar-refractivity contribution >= 4 is 23.6 Å². The third-order valence-corrected chi connectivity index (χ3v) is 2.73. The molecule has 0 aliphatic heterocycles. The average molecular weight is 326 g/mol. The van der Waals surface area contributed by atoms with E-state index < -0.39 is 23.8 Å². The van der Waals surface area contributed by atoms with Crippen LogP contribution in [0.3, 0.4) is 0 Å². The zero-order valence-electron chi connectivity index (χ0n) is 13.3. The molecule has 1 atom stereocenters. The summed E-state index contributed by atoms with van der Waals surface area (Å²) >= 11 is 0. The van der Waals surface area contributed by atoms with Crippen molar-refractivity contribution in [3.63, 3.8) is 0 Å². The highest BCUT2D eigenvalue weighted by Gasteiger charge is 2.15. The molecule has 128 valence electrons. The fraction of sp³-hybridized carbons (Fsp3) is 0.571. The van der Waals surface area contributed by atoms with Crippen molar-refractivity contribution in [2.45, 2.75) is 39.2 Å². The van der Waals surface area contributed by atoms with Crippen molar-refractivity contribution in [3.8, 4) is 0 Å². The van der Waals surface area contributed by atoms with E-state index in [0.717, 1.165) is 0 Å². The Morgan fingerprint density at radius 3 is 2.39 bits per heavy atom. The molecule has 0 aromatic carbocycles. The van der Waals surface area contributed by atoms with E-state index in [1.165, 1.54) is 6.92 Å². The Morgan fingerprint density at radius 2 is 1.78 bits per heavy atom. The van der Waals surface area contributed by atoms with Gasteiger partial charge in [-0.2, -0.15) is 0 Å². The minimum absolute atomic E-state index is 0.223. The second-order valence-corrected chi connectivity index (χ2v) is 4.70. The molecule has 0 heterocycles. The van der Waals surface area contributed by atoms with E-state index in [-0.39, 0.29) is 25.3 Å². The first kappa shape index (κ1) is 20.4. The summed E-state index contributed by atoms with van der Waals surface area (Å²) in [5, 5.41) is 9.52. The highest BCUT2D eigenvalue weighted by molar-refractivity contribution is 5.90. The summed E-state index contributed by atoms with van der Waals surface area (Å²) < 4.78 is 0. The second-order valence-electron chi connectivity index (χ2n) is 4.70. The van der Waals surface area contributed by atoms with E-state index in [0.29, 0.717) is 13.0 Å². The van der Waals surface area contributed by atoms with Gasteiger partial charge in [0.1, 0.15) is 6.04 Å². The van der Waals surface area contributed by atoms with Crippen LogP contribution in [0.25, 0.3) is 0 Å². The van der Waals surface area contributed by atoms with Crippen LogP contribution in [0.5, 0.6) is 0 Å². The molecule has 4 amide bonds. The molecule has 0 aliphatic rings. The largest absolute Gasteiger partial charge is 0.354 e. The predicted molar refractivity (Wildman–Crippen MR) is 83.1 cm³/mol. The van der Waals surface area contributed by atoms with Gasteiger partial charge in [0, 0.05) is 24.6 Å². The van der Waals surface area contributed by atoms with Crippen LogP contribution in [0, 0.1) is 4.91 Å². The number of nitrogens with zero attached hydrogens (tertiary/aromatic N) is 1. The van der Waals surface area contributed by atoms with E-state index in [4.69, 9.17) is 0 Å². The number of hydrogen-bond donors (Lipinski definition) is 3. The number of nitroso groups, excluding NO2 is 1. The number of carbonyl (C=O) groups excluding carboxylic acids is 4. The first-order valence-corrected chi connectivity index (χ1v) is 7.21. The Kier molecular flexibility index (Phi) is 10.7. The van der Waals surface area contributed by atoms with Crippen LogP contribution in [0.2, 0.25) is 0 Å². The van der Waals surface area contributed by atoms with Gasteiger partial charge in [0.15, 0.2) is 0 Å². The summed E-state index contributed by atoms with van der Waals surface area (Å²) in [5.74, 6) is -2.33. The molecule has 0 rings (SSSR count). The molecule has 0 aromatic rings. The van der Waals surface area contributed by atoms with Gasteiger partial charge in [-0.15, -0.1) is 4.91 Å². The molecule has 0 radical (unpaired) electrons. The first-order valence-electron chi connectivity index (χ1n) is 7.21. The van der Waals surface area contributed by atoms with Crippen LogP contribution in [0.1, 0.15) is 33.1 Å². The maximum Gasteiger partial charge on any atom is 0.286 e. The van der Waals surface area contributed by atoms with E-state index >= 15 is 0 Å². The van der Waals surface area contributed by atoms with Crippen LogP contribution < -0.4 is 16.0 Å². The number of nitrogens with one attached hydrogen (secondary N) is 3. The van der Waals surface area contributed by atoms with Crippen LogP contribution in [0.15, 0.2) is 17.3 Å². The maximum absolute atomic E-state index is 11.7. The van der Waals surface area contributed by atoms with Gasteiger partial charge >= 0.3 is 0 Å². The first-order chi connectivity index (χ1) is 10.9. The standard InChI is InChI=1S/C14H22N4O5/c1-3-4-5-8-15-14(22)10(2)17-13(21)9-16-11(19)6-7-12(20)18-23/h3-4,10H,5-9H2,1-2H3,(H,15,22)(H,16,19)(H,17,21)/b4-3+. The zero-order valence-corrected chi connectivity index (χ0v) is 13.3. The molecule has 0 aliphatic carbocycles. The molecule has 3 N–H and O–H groups in total.